The van der Waals surface area contributed by atoms with Gasteiger partial charge in [-0.2, -0.15) is 0 Å². The Morgan fingerprint density at radius 1 is 0.882 bits per heavy atom. The van der Waals surface area contributed by atoms with Gasteiger partial charge in [0.25, 0.3) is 0 Å². The number of ketones is 1. The molecule has 0 radical (unpaired) electrons. The number of rotatable bonds is 1. The van der Waals surface area contributed by atoms with Gasteiger partial charge >= 0.3 is 0 Å². The van der Waals surface area contributed by atoms with E-state index in [0.717, 1.165) is 32.4 Å². The normalized spacial score (nSPS) is 24.5. The SMILES string of the molecule is O=C1CCCCC1N1CCC1.c1ccccc1. The van der Waals surface area contributed by atoms with Gasteiger partial charge in [-0.3, -0.25) is 9.69 Å². The molecular weight excluding hydrogens is 210 g/mol. The number of carbonyl (C=O) groups is 1. The Morgan fingerprint density at radius 2 is 1.47 bits per heavy atom. The molecule has 92 valence electrons. The molecule has 1 aliphatic carbocycles. The second kappa shape index (κ2) is 6.55. The molecule has 2 aliphatic rings. The van der Waals surface area contributed by atoms with Crippen LogP contribution in [-0.2, 0) is 4.79 Å². The molecule has 1 aromatic carbocycles. The minimum atomic E-state index is 0.317. The molecule has 17 heavy (non-hydrogen) atoms. The molecule has 2 nitrogen and oxygen atoms in total. The number of likely N-dealkylation sites (tertiary alicyclic amines) is 1. The van der Waals surface area contributed by atoms with E-state index in [2.05, 4.69) is 4.90 Å². The van der Waals surface area contributed by atoms with Crippen LogP contribution in [0.25, 0.3) is 0 Å². The number of Topliss-reactive ketones (excluding diaryl/α,β-unsaturated/α-hetero) is 1. The fraction of sp³-hybridized carbons (Fsp3) is 0.533. The Kier molecular flexibility index (Phi) is 4.75. The molecule has 1 aliphatic heterocycles. The maximum Gasteiger partial charge on any atom is 0.149 e. The van der Waals surface area contributed by atoms with E-state index in [1.54, 1.807) is 0 Å². The molecule has 1 aromatic rings. The number of hydrogen-bond acceptors (Lipinski definition) is 2. The molecule has 0 N–H and O–H groups in total. The highest BCUT2D eigenvalue weighted by atomic mass is 16.1. The second-order valence-corrected chi connectivity index (χ2v) is 4.77. The summed E-state index contributed by atoms with van der Waals surface area (Å²) in [5.74, 6) is 0.496. The summed E-state index contributed by atoms with van der Waals surface area (Å²) < 4.78 is 0. The molecule has 1 unspecified atom stereocenters. The van der Waals surface area contributed by atoms with Crippen molar-refractivity contribution in [1.82, 2.24) is 4.90 Å². The lowest BCUT2D eigenvalue weighted by Crippen LogP contribution is -2.50. The summed E-state index contributed by atoms with van der Waals surface area (Å²) in [5.41, 5.74) is 0. The van der Waals surface area contributed by atoms with Crippen LogP contribution < -0.4 is 0 Å². The van der Waals surface area contributed by atoms with Crippen molar-refractivity contribution in [3.8, 4) is 0 Å². The quantitative estimate of drug-likeness (QED) is 0.740. The summed E-state index contributed by atoms with van der Waals surface area (Å²) in [6.45, 7) is 2.33. The molecule has 3 rings (SSSR count). The van der Waals surface area contributed by atoms with Crippen LogP contribution in [0.15, 0.2) is 36.4 Å². The lowest BCUT2D eigenvalue weighted by Gasteiger charge is -2.39. The van der Waals surface area contributed by atoms with Crippen LogP contribution in [-0.4, -0.2) is 29.8 Å². The highest BCUT2D eigenvalue weighted by Crippen LogP contribution is 2.23. The van der Waals surface area contributed by atoms with E-state index in [1.165, 1.54) is 12.8 Å². The summed E-state index contributed by atoms with van der Waals surface area (Å²) in [5, 5.41) is 0. The zero-order chi connectivity index (χ0) is 11.9. The van der Waals surface area contributed by atoms with Gasteiger partial charge in [0.05, 0.1) is 6.04 Å². The molecule has 2 fully saturated rings. The first kappa shape index (κ1) is 12.3. The van der Waals surface area contributed by atoms with Gasteiger partial charge in [-0.1, -0.05) is 42.8 Å². The Bertz CT molecular complexity index is 305. The van der Waals surface area contributed by atoms with Crippen LogP contribution in [0.5, 0.6) is 0 Å². The van der Waals surface area contributed by atoms with Gasteiger partial charge < -0.3 is 0 Å². The zero-order valence-corrected chi connectivity index (χ0v) is 10.3. The molecule has 1 saturated carbocycles. The molecule has 1 atom stereocenters. The van der Waals surface area contributed by atoms with Crippen LogP contribution >= 0.6 is 0 Å². The third kappa shape index (κ3) is 3.67. The maximum absolute atomic E-state index is 11.4. The monoisotopic (exact) mass is 231 g/mol. The Hall–Kier alpha value is -1.15. The van der Waals surface area contributed by atoms with Crippen molar-refractivity contribution in [2.45, 2.75) is 38.1 Å². The predicted molar refractivity (Wildman–Crippen MR) is 69.9 cm³/mol. The summed E-state index contributed by atoms with van der Waals surface area (Å²) in [6, 6.07) is 12.3. The number of nitrogens with zero attached hydrogens (tertiary/aromatic N) is 1. The largest absolute Gasteiger partial charge is 0.298 e. The van der Waals surface area contributed by atoms with Gasteiger partial charge in [0.1, 0.15) is 5.78 Å². The van der Waals surface area contributed by atoms with Gasteiger partial charge in [-0.05, 0) is 19.3 Å². The van der Waals surface area contributed by atoms with Gasteiger partial charge in [-0.25, -0.2) is 0 Å². The van der Waals surface area contributed by atoms with Crippen LogP contribution in [0.3, 0.4) is 0 Å². The lowest BCUT2D eigenvalue weighted by atomic mass is 9.91. The highest BCUT2D eigenvalue weighted by molar-refractivity contribution is 5.84. The van der Waals surface area contributed by atoms with Crippen molar-refractivity contribution in [3.05, 3.63) is 36.4 Å². The van der Waals surface area contributed by atoms with Gasteiger partial charge in [0.15, 0.2) is 0 Å². The summed E-state index contributed by atoms with van der Waals surface area (Å²) in [6.07, 6.45) is 5.64. The third-order valence-corrected chi connectivity index (χ3v) is 3.52. The molecule has 1 heterocycles. The van der Waals surface area contributed by atoms with E-state index in [-0.39, 0.29) is 0 Å². The number of carbonyl (C=O) groups excluding carboxylic acids is 1. The lowest BCUT2D eigenvalue weighted by molar-refractivity contribution is -0.127. The fourth-order valence-electron chi connectivity index (χ4n) is 2.39. The summed E-state index contributed by atoms with van der Waals surface area (Å²) in [4.78, 5) is 13.7. The molecule has 2 heteroatoms. The zero-order valence-electron chi connectivity index (χ0n) is 10.3. The van der Waals surface area contributed by atoms with Crippen LogP contribution in [0.2, 0.25) is 0 Å². The van der Waals surface area contributed by atoms with Crippen LogP contribution in [0.1, 0.15) is 32.1 Å². The first-order chi connectivity index (χ1) is 8.38. The van der Waals surface area contributed by atoms with E-state index in [9.17, 15) is 4.79 Å². The van der Waals surface area contributed by atoms with E-state index in [4.69, 9.17) is 0 Å². The maximum atomic E-state index is 11.4. The van der Waals surface area contributed by atoms with E-state index in [1.807, 2.05) is 36.4 Å². The average Bonchev–Trinajstić information content (AvgIpc) is 2.33. The molecule has 0 spiro atoms. The van der Waals surface area contributed by atoms with Crippen molar-refractivity contribution < 1.29 is 4.79 Å². The minimum Gasteiger partial charge on any atom is -0.298 e. The minimum absolute atomic E-state index is 0.317. The average molecular weight is 231 g/mol. The first-order valence-electron chi connectivity index (χ1n) is 6.65. The van der Waals surface area contributed by atoms with Crippen LogP contribution in [0.4, 0.5) is 0 Å². The van der Waals surface area contributed by atoms with Crippen molar-refractivity contribution in [2.75, 3.05) is 13.1 Å². The smallest absolute Gasteiger partial charge is 0.149 e. The van der Waals surface area contributed by atoms with Gasteiger partial charge in [0.2, 0.25) is 0 Å². The van der Waals surface area contributed by atoms with E-state index >= 15 is 0 Å². The predicted octanol–water partition coefficient (Wildman–Crippen LogP) is 2.89. The molecule has 1 saturated heterocycles. The summed E-state index contributed by atoms with van der Waals surface area (Å²) >= 11 is 0. The molecular formula is C15H21NO. The second-order valence-electron chi connectivity index (χ2n) is 4.77. The third-order valence-electron chi connectivity index (χ3n) is 3.52. The summed E-state index contributed by atoms with van der Waals surface area (Å²) in [7, 11) is 0. The molecule has 0 amide bonds. The Morgan fingerprint density at radius 3 is 1.88 bits per heavy atom. The van der Waals surface area contributed by atoms with Gasteiger partial charge in [-0.15, -0.1) is 0 Å². The fourth-order valence-corrected chi connectivity index (χ4v) is 2.39. The highest BCUT2D eigenvalue weighted by Gasteiger charge is 2.30. The number of hydrogen-bond donors (Lipinski definition) is 0. The first-order valence-corrected chi connectivity index (χ1v) is 6.65. The molecule has 0 bridgehead atoms. The molecule has 0 aromatic heterocycles. The van der Waals surface area contributed by atoms with Gasteiger partial charge in [0, 0.05) is 19.5 Å². The van der Waals surface area contributed by atoms with Crippen molar-refractivity contribution in [3.63, 3.8) is 0 Å². The topological polar surface area (TPSA) is 20.3 Å². The van der Waals surface area contributed by atoms with Crippen molar-refractivity contribution in [2.24, 2.45) is 0 Å². The van der Waals surface area contributed by atoms with E-state index < -0.39 is 0 Å². The Labute approximate surface area is 104 Å². The van der Waals surface area contributed by atoms with Crippen molar-refractivity contribution in [1.29, 1.82) is 0 Å². The van der Waals surface area contributed by atoms with Crippen LogP contribution in [0, 0.1) is 0 Å². The Balaban J connectivity index is 0.000000153. The number of benzene rings is 1. The standard InChI is InChI=1S/C9H15NO.C6H6/c11-9-5-2-1-4-8(9)10-6-3-7-10;1-2-4-6-5-3-1/h8H,1-7H2;1-6H. The van der Waals surface area contributed by atoms with E-state index in [0.29, 0.717) is 11.8 Å². The van der Waals surface area contributed by atoms with Crippen molar-refractivity contribution >= 4 is 5.78 Å².